The van der Waals surface area contributed by atoms with Crippen LogP contribution in [-0.4, -0.2) is 23.6 Å². The Morgan fingerprint density at radius 3 is 2.70 bits per heavy atom. The number of aryl methyl sites for hydroxylation is 1. The molecule has 0 saturated heterocycles. The Morgan fingerprint density at radius 1 is 1.09 bits per heavy atom. The molecule has 170 valence electrons. The van der Waals surface area contributed by atoms with Gasteiger partial charge in [0.1, 0.15) is 17.4 Å². The maximum atomic E-state index is 12.8. The number of carbonyl (C=O) groups is 2. The van der Waals surface area contributed by atoms with Crippen LogP contribution in [0.25, 0.3) is 0 Å². The van der Waals surface area contributed by atoms with E-state index in [4.69, 9.17) is 21.7 Å². The molecule has 0 bridgehead atoms. The lowest BCUT2D eigenvalue weighted by atomic mass is 10.1. The van der Waals surface area contributed by atoms with Crippen LogP contribution in [0.2, 0.25) is 0 Å². The van der Waals surface area contributed by atoms with Crippen LogP contribution in [0.5, 0.6) is 5.75 Å². The fourth-order valence-electron chi connectivity index (χ4n) is 3.69. The standard InChI is InChI=1S/C25H24N2O4S2/c1-2-30-24(29)21-19-12-7-13-20(19)33-23(21)27-25(32)26-22(28)17-10-6-11-18(14-17)31-15-16-8-4-3-5-9-16/h3-6,8-11,14H,2,7,12-13,15H2,1H3,(H2,26,27,28,32). The number of fused-ring (bicyclic) bond motifs is 1. The van der Waals surface area contributed by atoms with Gasteiger partial charge in [0.2, 0.25) is 0 Å². The van der Waals surface area contributed by atoms with Crippen molar-refractivity contribution in [2.75, 3.05) is 11.9 Å². The second kappa shape index (κ2) is 10.6. The summed E-state index contributed by atoms with van der Waals surface area (Å²) < 4.78 is 11.0. The molecule has 3 aromatic rings. The molecule has 33 heavy (non-hydrogen) atoms. The van der Waals surface area contributed by atoms with Crippen molar-refractivity contribution in [1.29, 1.82) is 0 Å². The number of hydrogen-bond donors (Lipinski definition) is 2. The molecular weight excluding hydrogens is 456 g/mol. The molecule has 1 aromatic heterocycles. The molecule has 0 spiro atoms. The molecule has 0 saturated carbocycles. The first-order valence-corrected chi connectivity index (χ1v) is 12.0. The normalized spacial score (nSPS) is 12.0. The molecule has 1 aliphatic carbocycles. The van der Waals surface area contributed by atoms with Crippen LogP contribution >= 0.6 is 23.6 Å². The largest absolute Gasteiger partial charge is 0.489 e. The van der Waals surface area contributed by atoms with Gasteiger partial charge in [-0.15, -0.1) is 11.3 Å². The lowest BCUT2D eigenvalue weighted by molar-refractivity contribution is 0.0527. The number of benzene rings is 2. The van der Waals surface area contributed by atoms with Gasteiger partial charge in [-0.2, -0.15) is 0 Å². The monoisotopic (exact) mass is 480 g/mol. The number of carbonyl (C=O) groups excluding carboxylic acids is 2. The van der Waals surface area contributed by atoms with Gasteiger partial charge in [0.15, 0.2) is 5.11 Å². The van der Waals surface area contributed by atoms with Crippen molar-refractivity contribution in [3.63, 3.8) is 0 Å². The van der Waals surface area contributed by atoms with Crippen molar-refractivity contribution in [3.8, 4) is 5.75 Å². The third-order valence-electron chi connectivity index (χ3n) is 5.20. The Morgan fingerprint density at radius 2 is 1.91 bits per heavy atom. The van der Waals surface area contributed by atoms with Crippen LogP contribution in [-0.2, 0) is 24.2 Å². The van der Waals surface area contributed by atoms with E-state index in [1.165, 1.54) is 11.3 Å². The average Bonchev–Trinajstić information content (AvgIpc) is 3.39. The molecule has 2 N–H and O–H groups in total. The lowest BCUT2D eigenvalue weighted by Gasteiger charge is -2.12. The van der Waals surface area contributed by atoms with Gasteiger partial charge in [-0.3, -0.25) is 10.1 Å². The van der Waals surface area contributed by atoms with Gasteiger partial charge >= 0.3 is 5.97 Å². The van der Waals surface area contributed by atoms with Crippen molar-refractivity contribution in [2.24, 2.45) is 0 Å². The number of thiocarbonyl (C=S) groups is 1. The summed E-state index contributed by atoms with van der Waals surface area (Å²) in [7, 11) is 0. The molecule has 0 radical (unpaired) electrons. The van der Waals surface area contributed by atoms with Crippen molar-refractivity contribution < 1.29 is 19.1 Å². The number of ether oxygens (including phenoxy) is 2. The maximum absolute atomic E-state index is 12.8. The van der Waals surface area contributed by atoms with E-state index in [9.17, 15) is 9.59 Å². The minimum absolute atomic E-state index is 0.126. The Kier molecular flexibility index (Phi) is 7.36. The molecule has 0 atom stereocenters. The number of hydrogen-bond acceptors (Lipinski definition) is 6. The van der Waals surface area contributed by atoms with Crippen molar-refractivity contribution in [3.05, 3.63) is 81.7 Å². The second-order valence-corrected chi connectivity index (χ2v) is 9.01. The number of nitrogens with one attached hydrogen (secondary N) is 2. The summed E-state index contributed by atoms with van der Waals surface area (Å²) >= 11 is 6.85. The predicted octanol–water partition coefficient (Wildman–Crippen LogP) is 5.12. The highest BCUT2D eigenvalue weighted by Gasteiger charge is 2.28. The molecule has 0 aliphatic heterocycles. The first kappa shape index (κ1) is 22.9. The van der Waals surface area contributed by atoms with Gasteiger partial charge in [0.05, 0.1) is 12.2 Å². The summed E-state index contributed by atoms with van der Waals surface area (Å²) in [6.07, 6.45) is 2.80. The molecule has 6 nitrogen and oxygen atoms in total. The smallest absolute Gasteiger partial charge is 0.341 e. The Hall–Kier alpha value is -3.23. The van der Waals surface area contributed by atoms with Gasteiger partial charge in [-0.1, -0.05) is 36.4 Å². The average molecular weight is 481 g/mol. The fourth-order valence-corrected chi connectivity index (χ4v) is 5.23. The molecule has 0 unspecified atom stereocenters. The zero-order valence-corrected chi connectivity index (χ0v) is 19.8. The number of anilines is 1. The Labute approximate surface area is 201 Å². The Balaban J connectivity index is 1.40. The van der Waals surface area contributed by atoms with E-state index < -0.39 is 0 Å². The molecular formula is C25H24N2O4S2. The zero-order chi connectivity index (χ0) is 23.2. The highest BCUT2D eigenvalue weighted by Crippen LogP contribution is 2.39. The maximum Gasteiger partial charge on any atom is 0.341 e. The van der Waals surface area contributed by atoms with E-state index in [-0.39, 0.29) is 17.0 Å². The van der Waals surface area contributed by atoms with E-state index in [1.54, 1.807) is 31.2 Å². The molecule has 1 heterocycles. The topological polar surface area (TPSA) is 76.7 Å². The van der Waals surface area contributed by atoms with Crippen LogP contribution in [0, 0.1) is 0 Å². The number of esters is 1. The van der Waals surface area contributed by atoms with E-state index in [0.717, 1.165) is 35.3 Å². The van der Waals surface area contributed by atoms with Gasteiger partial charge in [-0.05, 0) is 67.7 Å². The van der Waals surface area contributed by atoms with Crippen molar-refractivity contribution in [1.82, 2.24) is 5.32 Å². The highest BCUT2D eigenvalue weighted by molar-refractivity contribution is 7.80. The quantitative estimate of drug-likeness (QED) is 0.361. The van der Waals surface area contributed by atoms with Crippen molar-refractivity contribution in [2.45, 2.75) is 32.8 Å². The predicted molar refractivity (Wildman–Crippen MR) is 133 cm³/mol. The van der Waals surface area contributed by atoms with E-state index in [0.29, 0.717) is 35.1 Å². The molecule has 0 fully saturated rings. The van der Waals surface area contributed by atoms with Crippen molar-refractivity contribution >= 4 is 45.5 Å². The molecule has 1 amide bonds. The van der Waals surface area contributed by atoms with Gasteiger partial charge in [-0.25, -0.2) is 4.79 Å². The minimum Gasteiger partial charge on any atom is -0.489 e. The van der Waals surface area contributed by atoms with E-state index >= 15 is 0 Å². The van der Waals surface area contributed by atoms with E-state index in [2.05, 4.69) is 10.6 Å². The van der Waals surface area contributed by atoms with Gasteiger partial charge < -0.3 is 14.8 Å². The fraction of sp³-hybridized carbons (Fsp3) is 0.240. The Bertz CT molecular complexity index is 1170. The van der Waals surface area contributed by atoms with Crippen LogP contribution in [0.15, 0.2) is 54.6 Å². The van der Waals surface area contributed by atoms with Gasteiger partial charge in [0, 0.05) is 10.4 Å². The van der Waals surface area contributed by atoms with Crippen LogP contribution in [0.1, 0.15) is 50.1 Å². The first-order valence-electron chi connectivity index (χ1n) is 10.8. The minimum atomic E-state index is -0.364. The SMILES string of the molecule is CCOC(=O)c1c(NC(=S)NC(=O)c2cccc(OCc3ccccc3)c2)sc2c1CCC2. The summed E-state index contributed by atoms with van der Waals surface area (Å²) in [6.45, 7) is 2.48. The first-order chi connectivity index (χ1) is 16.0. The molecule has 4 rings (SSSR count). The highest BCUT2D eigenvalue weighted by atomic mass is 32.1. The number of thiophene rings is 1. The number of amides is 1. The summed E-state index contributed by atoms with van der Waals surface area (Å²) in [6, 6.07) is 16.7. The second-order valence-electron chi connectivity index (χ2n) is 7.49. The summed E-state index contributed by atoms with van der Waals surface area (Å²) in [5, 5.41) is 6.46. The summed E-state index contributed by atoms with van der Waals surface area (Å²) in [5.74, 6) is -0.138. The number of rotatable bonds is 7. The molecule has 8 heteroatoms. The third kappa shape index (κ3) is 5.58. The van der Waals surface area contributed by atoms with Gasteiger partial charge in [0.25, 0.3) is 5.91 Å². The third-order valence-corrected chi connectivity index (χ3v) is 6.61. The molecule has 1 aliphatic rings. The van der Waals surface area contributed by atoms with Crippen LogP contribution in [0.3, 0.4) is 0 Å². The molecule has 2 aromatic carbocycles. The van der Waals surface area contributed by atoms with Crippen LogP contribution < -0.4 is 15.4 Å². The van der Waals surface area contributed by atoms with Crippen LogP contribution in [0.4, 0.5) is 5.00 Å². The lowest BCUT2D eigenvalue weighted by Crippen LogP contribution is -2.34. The summed E-state index contributed by atoms with van der Waals surface area (Å²) in [5.41, 5.74) is 3.02. The van der Waals surface area contributed by atoms with E-state index in [1.807, 2.05) is 30.3 Å². The zero-order valence-electron chi connectivity index (χ0n) is 18.2. The summed E-state index contributed by atoms with van der Waals surface area (Å²) in [4.78, 5) is 26.4.